The number of fused-ring (bicyclic) bond motifs is 3. The van der Waals surface area contributed by atoms with Gasteiger partial charge in [0.1, 0.15) is 5.75 Å². The van der Waals surface area contributed by atoms with Gasteiger partial charge in [0.2, 0.25) is 0 Å². The maximum Gasteiger partial charge on any atom is 0.119 e. The number of rotatable bonds is 2. The fourth-order valence-electron chi connectivity index (χ4n) is 3.84. The number of aliphatic hydroxyl groups is 1. The largest absolute Gasteiger partial charge is 0.497 e. The van der Waals surface area contributed by atoms with Crippen LogP contribution in [0.5, 0.6) is 5.75 Å². The summed E-state index contributed by atoms with van der Waals surface area (Å²) in [5.41, 5.74) is 8.95. The molecular weight excluding hydrogens is 226 g/mol. The average molecular weight is 247 g/mol. The Morgan fingerprint density at radius 1 is 1.39 bits per heavy atom. The van der Waals surface area contributed by atoms with Gasteiger partial charge in [-0.1, -0.05) is 6.07 Å². The van der Waals surface area contributed by atoms with Crippen molar-refractivity contribution in [3.05, 3.63) is 29.3 Å². The molecule has 0 radical (unpaired) electrons. The van der Waals surface area contributed by atoms with E-state index < -0.39 is 0 Å². The van der Waals surface area contributed by atoms with Crippen LogP contribution in [-0.4, -0.2) is 24.9 Å². The lowest BCUT2D eigenvalue weighted by Gasteiger charge is -2.25. The lowest BCUT2D eigenvalue weighted by atomic mass is 9.83. The van der Waals surface area contributed by atoms with Gasteiger partial charge in [-0.3, -0.25) is 0 Å². The summed E-state index contributed by atoms with van der Waals surface area (Å²) in [5.74, 6) is 2.11. The summed E-state index contributed by atoms with van der Waals surface area (Å²) >= 11 is 0. The van der Waals surface area contributed by atoms with Gasteiger partial charge in [-0.15, -0.1) is 0 Å². The first-order valence-corrected chi connectivity index (χ1v) is 6.78. The Labute approximate surface area is 108 Å². The first-order valence-electron chi connectivity index (χ1n) is 6.78. The third kappa shape index (κ3) is 1.73. The van der Waals surface area contributed by atoms with Gasteiger partial charge in [0.05, 0.1) is 13.7 Å². The van der Waals surface area contributed by atoms with Crippen LogP contribution in [-0.2, 0) is 6.42 Å². The zero-order valence-electron chi connectivity index (χ0n) is 10.8. The number of methoxy groups -OCH3 is 1. The Morgan fingerprint density at radius 2 is 2.22 bits per heavy atom. The molecule has 4 unspecified atom stereocenters. The molecule has 2 aliphatic rings. The Morgan fingerprint density at radius 3 is 2.94 bits per heavy atom. The van der Waals surface area contributed by atoms with Gasteiger partial charge in [-0.05, 0) is 54.4 Å². The first kappa shape index (κ1) is 12.0. The third-order valence-corrected chi connectivity index (χ3v) is 4.85. The average Bonchev–Trinajstić information content (AvgIpc) is 2.67. The maximum absolute atomic E-state index is 9.74. The van der Waals surface area contributed by atoms with E-state index in [1.165, 1.54) is 17.5 Å². The van der Waals surface area contributed by atoms with E-state index in [9.17, 15) is 5.11 Å². The molecule has 1 saturated carbocycles. The summed E-state index contributed by atoms with van der Waals surface area (Å²) in [4.78, 5) is 0. The lowest BCUT2D eigenvalue weighted by molar-refractivity contribution is 0.216. The standard InChI is InChI=1S/C15H21NO2/c1-18-11-3-5-12-10(7-11)6-9-2-4-13(15(9)16)14(12)8-17/h3,5,7,9,13-15,17H,2,4,6,8,16H2,1H3. The molecule has 0 saturated heterocycles. The number of benzene rings is 1. The quantitative estimate of drug-likeness (QED) is 0.836. The topological polar surface area (TPSA) is 55.5 Å². The fraction of sp³-hybridized carbons (Fsp3) is 0.600. The number of hydrogen-bond donors (Lipinski definition) is 2. The molecule has 1 fully saturated rings. The SMILES string of the molecule is COc1ccc2c(c1)CC1CCC(C2CO)C1N. The van der Waals surface area contributed by atoms with E-state index in [0.717, 1.165) is 18.6 Å². The van der Waals surface area contributed by atoms with Crippen LogP contribution in [0.3, 0.4) is 0 Å². The minimum absolute atomic E-state index is 0.199. The lowest BCUT2D eigenvalue weighted by Crippen LogP contribution is -2.34. The van der Waals surface area contributed by atoms with Crippen molar-refractivity contribution in [3.8, 4) is 5.75 Å². The molecule has 3 nitrogen and oxygen atoms in total. The van der Waals surface area contributed by atoms with Gasteiger partial charge in [0, 0.05) is 12.0 Å². The minimum Gasteiger partial charge on any atom is -0.497 e. The molecule has 0 spiro atoms. The molecule has 3 N–H and O–H groups in total. The van der Waals surface area contributed by atoms with Crippen molar-refractivity contribution in [2.24, 2.45) is 17.6 Å². The molecule has 0 aliphatic heterocycles. The van der Waals surface area contributed by atoms with Gasteiger partial charge in [-0.25, -0.2) is 0 Å². The van der Waals surface area contributed by atoms with Crippen molar-refractivity contribution in [1.29, 1.82) is 0 Å². The molecule has 4 atom stereocenters. The monoisotopic (exact) mass is 247 g/mol. The molecule has 98 valence electrons. The van der Waals surface area contributed by atoms with Crippen LogP contribution < -0.4 is 10.5 Å². The van der Waals surface area contributed by atoms with E-state index >= 15 is 0 Å². The van der Waals surface area contributed by atoms with Gasteiger partial charge >= 0.3 is 0 Å². The number of ether oxygens (including phenoxy) is 1. The maximum atomic E-state index is 9.74. The molecular formula is C15H21NO2. The summed E-state index contributed by atoms with van der Waals surface area (Å²) in [5, 5.41) is 9.74. The second kappa shape index (κ2) is 4.56. The molecule has 1 aromatic carbocycles. The van der Waals surface area contributed by atoms with Crippen molar-refractivity contribution in [2.75, 3.05) is 13.7 Å². The van der Waals surface area contributed by atoms with Crippen molar-refractivity contribution in [3.63, 3.8) is 0 Å². The van der Waals surface area contributed by atoms with E-state index in [2.05, 4.69) is 12.1 Å². The number of nitrogens with two attached hydrogens (primary N) is 1. The summed E-state index contributed by atoms with van der Waals surface area (Å²) in [6, 6.07) is 6.46. The third-order valence-electron chi connectivity index (χ3n) is 4.85. The molecule has 0 aromatic heterocycles. The van der Waals surface area contributed by atoms with Crippen LogP contribution in [0.2, 0.25) is 0 Å². The Balaban J connectivity index is 2.06. The van der Waals surface area contributed by atoms with Crippen molar-refractivity contribution in [2.45, 2.75) is 31.2 Å². The summed E-state index contributed by atoms with van der Waals surface area (Å²) in [7, 11) is 1.69. The number of aliphatic hydroxyl groups excluding tert-OH is 1. The first-order chi connectivity index (χ1) is 8.74. The summed E-state index contributed by atoms with van der Waals surface area (Å²) in [6.07, 6.45) is 3.38. The van der Waals surface area contributed by atoms with Crippen molar-refractivity contribution in [1.82, 2.24) is 0 Å². The predicted octanol–water partition coefficient (Wildman–Crippen LogP) is 1.68. The van der Waals surface area contributed by atoms with E-state index in [4.69, 9.17) is 10.5 Å². The second-order valence-corrected chi connectivity index (χ2v) is 5.64. The van der Waals surface area contributed by atoms with Crippen molar-refractivity contribution < 1.29 is 9.84 Å². The summed E-state index contributed by atoms with van der Waals surface area (Å²) < 4.78 is 5.30. The van der Waals surface area contributed by atoms with Gasteiger partial charge in [0.25, 0.3) is 0 Å². The minimum atomic E-state index is 0.199. The van der Waals surface area contributed by atoms with E-state index in [1.807, 2.05) is 6.07 Å². The molecule has 2 aliphatic carbocycles. The highest BCUT2D eigenvalue weighted by Gasteiger charge is 2.41. The smallest absolute Gasteiger partial charge is 0.119 e. The predicted molar refractivity (Wildman–Crippen MR) is 70.7 cm³/mol. The number of hydrogen-bond acceptors (Lipinski definition) is 3. The summed E-state index contributed by atoms with van der Waals surface area (Å²) in [6.45, 7) is 0.199. The normalized spacial score (nSPS) is 33.9. The highest BCUT2D eigenvalue weighted by Crippen LogP contribution is 2.46. The zero-order valence-corrected chi connectivity index (χ0v) is 10.8. The van der Waals surface area contributed by atoms with Crippen LogP contribution in [0.4, 0.5) is 0 Å². The molecule has 0 amide bonds. The molecule has 3 rings (SSSR count). The Bertz CT molecular complexity index is 446. The fourth-order valence-corrected chi connectivity index (χ4v) is 3.84. The Kier molecular flexibility index (Phi) is 3.04. The van der Waals surface area contributed by atoms with E-state index in [0.29, 0.717) is 11.8 Å². The molecule has 2 bridgehead atoms. The van der Waals surface area contributed by atoms with Gasteiger partial charge in [-0.2, -0.15) is 0 Å². The highest BCUT2D eigenvalue weighted by molar-refractivity contribution is 5.40. The van der Waals surface area contributed by atoms with Crippen LogP contribution in [0, 0.1) is 11.8 Å². The molecule has 18 heavy (non-hydrogen) atoms. The van der Waals surface area contributed by atoms with Crippen LogP contribution in [0.15, 0.2) is 18.2 Å². The van der Waals surface area contributed by atoms with Gasteiger partial charge in [0.15, 0.2) is 0 Å². The molecule has 3 heteroatoms. The van der Waals surface area contributed by atoms with E-state index in [-0.39, 0.29) is 18.6 Å². The molecule has 1 aromatic rings. The molecule has 0 heterocycles. The van der Waals surface area contributed by atoms with Gasteiger partial charge < -0.3 is 15.6 Å². The van der Waals surface area contributed by atoms with E-state index in [1.54, 1.807) is 7.11 Å². The van der Waals surface area contributed by atoms with Crippen molar-refractivity contribution >= 4 is 0 Å². The van der Waals surface area contributed by atoms with Crippen LogP contribution >= 0.6 is 0 Å². The Hall–Kier alpha value is -1.06. The van der Waals surface area contributed by atoms with Crippen LogP contribution in [0.25, 0.3) is 0 Å². The van der Waals surface area contributed by atoms with Crippen LogP contribution in [0.1, 0.15) is 29.9 Å². The zero-order chi connectivity index (χ0) is 12.7. The second-order valence-electron chi connectivity index (χ2n) is 5.64. The highest BCUT2D eigenvalue weighted by atomic mass is 16.5.